The monoisotopic (exact) mass is 383 g/mol. The summed E-state index contributed by atoms with van der Waals surface area (Å²) in [6.07, 6.45) is 0. The molecule has 29 heavy (non-hydrogen) atoms. The molecule has 144 valence electrons. The van der Waals surface area contributed by atoms with Gasteiger partial charge in [0.05, 0.1) is 6.54 Å². The Bertz CT molecular complexity index is 1280. The van der Waals surface area contributed by atoms with Crippen molar-refractivity contribution in [2.24, 2.45) is 0 Å². The van der Waals surface area contributed by atoms with E-state index in [9.17, 15) is 4.79 Å². The van der Waals surface area contributed by atoms with Crippen LogP contribution in [-0.2, 0) is 12.0 Å². The Morgan fingerprint density at radius 1 is 1.14 bits per heavy atom. The van der Waals surface area contributed by atoms with E-state index < -0.39 is 0 Å². The summed E-state index contributed by atoms with van der Waals surface area (Å²) in [6, 6.07) is 17.7. The summed E-state index contributed by atoms with van der Waals surface area (Å²) in [5, 5.41) is 4.37. The van der Waals surface area contributed by atoms with Gasteiger partial charge in [0.25, 0.3) is 5.56 Å². The van der Waals surface area contributed by atoms with Crippen molar-refractivity contribution in [2.45, 2.75) is 25.8 Å². The maximum absolute atomic E-state index is 12.7. The number of H-pyrrole nitrogens is 1. The quantitative estimate of drug-likeness (QED) is 0.547. The molecule has 0 atom stereocenters. The van der Waals surface area contributed by atoms with Crippen molar-refractivity contribution >= 4 is 24.8 Å². The van der Waals surface area contributed by atoms with E-state index in [0.717, 1.165) is 17.8 Å². The van der Waals surface area contributed by atoms with Crippen LogP contribution < -0.4 is 15.9 Å². The maximum atomic E-state index is 12.7. The second-order valence-corrected chi connectivity index (χ2v) is 8.38. The highest BCUT2D eigenvalue weighted by Crippen LogP contribution is 2.39. The number of hydrogen-bond acceptors (Lipinski definition) is 4. The van der Waals surface area contributed by atoms with Crippen LogP contribution in [0.5, 0.6) is 0 Å². The first-order chi connectivity index (χ1) is 13.9. The molecule has 7 heteroatoms. The van der Waals surface area contributed by atoms with Gasteiger partial charge < -0.3 is 9.88 Å². The summed E-state index contributed by atoms with van der Waals surface area (Å²) in [5.74, 6) is 1.01. The second-order valence-electron chi connectivity index (χ2n) is 8.38. The van der Waals surface area contributed by atoms with Gasteiger partial charge in [0.15, 0.2) is 5.82 Å². The van der Waals surface area contributed by atoms with Gasteiger partial charge in [-0.2, -0.15) is 9.50 Å². The Kier molecular flexibility index (Phi) is 3.88. The third-order valence-electron chi connectivity index (χ3n) is 5.63. The van der Waals surface area contributed by atoms with Crippen LogP contribution in [0, 0.1) is 0 Å². The van der Waals surface area contributed by atoms with E-state index in [2.05, 4.69) is 59.9 Å². The molecule has 5 rings (SSSR count). The maximum Gasteiger partial charge on any atom is 0.275 e. The van der Waals surface area contributed by atoms with Gasteiger partial charge in [0, 0.05) is 35.0 Å². The molecule has 0 bridgehead atoms. The van der Waals surface area contributed by atoms with Crippen LogP contribution in [0.25, 0.3) is 17.2 Å². The summed E-state index contributed by atoms with van der Waals surface area (Å²) in [5.41, 5.74) is 5.55. The number of benzene rings is 2. The number of hydrogen-bond donors (Lipinski definition) is 1. The van der Waals surface area contributed by atoms with Gasteiger partial charge in [-0.05, 0) is 11.6 Å². The lowest BCUT2D eigenvalue weighted by Crippen LogP contribution is -2.30. The third-order valence-corrected chi connectivity index (χ3v) is 5.63. The Labute approximate surface area is 169 Å². The average molecular weight is 383 g/mol. The molecule has 3 heterocycles. The summed E-state index contributed by atoms with van der Waals surface area (Å²) in [6.45, 7) is 6.08. The minimum Gasteiger partial charge on any atom is -0.365 e. The Morgan fingerprint density at radius 3 is 2.72 bits per heavy atom. The lowest BCUT2D eigenvalue weighted by atomic mass is 9.78. The highest BCUT2D eigenvalue weighted by molar-refractivity contribution is 6.34. The molecule has 0 fully saturated rings. The third kappa shape index (κ3) is 2.94. The number of aromatic nitrogens is 4. The number of nitrogens with one attached hydrogen (secondary N) is 1. The van der Waals surface area contributed by atoms with Crippen molar-refractivity contribution in [3.63, 3.8) is 0 Å². The van der Waals surface area contributed by atoms with Crippen LogP contribution in [0.4, 0.5) is 5.69 Å². The fourth-order valence-corrected chi connectivity index (χ4v) is 4.52. The fourth-order valence-electron chi connectivity index (χ4n) is 4.52. The number of anilines is 1. The van der Waals surface area contributed by atoms with E-state index in [4.69, 9.17) is 0 Å². The highest BCUT2D eigenvalue weighted by atomic mass is 16.1. The van der Waals surface area contributed by atoms with E-state index >= 15 is 0 Å². The largest absolute Gasteiger partial charge is 0.365 e. The first-order valence-corrected chi connectivity index (χ1v) is 9.82. The van der Waals surface area contributed by atoms with Crippen molar-refractivity contribution in [2.75, 3.05) is 11.4 Å². The standard InChI is InChI=1S/C22H22BN5O/c1-22(2)13-27(17-10-6-9-16(23)19(17)22)12-15-11-18(29)28-21(24-15)25-20(26-28)14-7-4-3-5-8-14/h3-11H,12-13,23H2,1-2H3,(H,24,25,26). The van der Waals surface area contributed by atoms with Crippen LogP contribution >= 0.6 is 0 Å². The molecule has 6 nitrogen and oxygen atoms in total. The number of nitrogens with zero attached hydrogens (tertiary/aromatic N) is 4. The van der Waals surface area contributed by atoms with E-state index in [-0.39, 0.29) is 11.0 Å². The zero-order valence-corrected chi connectivity index (χ0v) is 16.8. The second kappa shape index (κ2) is 6.34. The summed E-state index contributed by atoms with van der Waals surface area (Å²) in [4.78, 5) is 22.8. The molecular weight excluding hydrogens is 361 g/mol. The molecule has 0 unspecified atom stereocenters. The van der Waals surface area contributed by atoms with E-state index in [1.165, 1.54) is 21.2 Å². The molecule has 1 N–H and O–H groups in total. The molecule has 1 aliphatic heterocycles. The van der Waals surface area contributed by atoms with Gasteiger partial charge in [-0.1, -0.05) is 61.8 Å². The molecule has 0 radical (unpaired) electrons. The first kappa shape index (κ1) is 17.7. The molecule has 2 aromatic carbocycles. The van der Waals surface area contributed by atoms with Gasteiger partial charge in [-0.3, -0.25) is 4.79 Å². The molecule has 2 aromatic heterocycles. The summed E-state index contributed by atoms with van der Waals surface area (Å²) in [7, 11) is 2.17. The van der Waals surface area contributed by atoms with Gasteiger partial charge >= 0.3 is 0 Å². The minimum atomic E-state index is -0.175. The predicted octanol–water partition coefficient (Wildman–Crippen LogP) is 1.64. The molecule has 0 saturated carbocycles. The molecule has 4 aromatic rings. The SMILES string of the molecule is Bc1cccc2c1C(C)(C)CN2Cc1cc(=O)n2nc(-c3ccccc3)nc2[nH]1. The topological polar surface area (TPSA) is 66.3 Å². The molecule has 1 aliphatic rings. The Hall–Kier alpha value is -3.35. The number of rotatable bonds is 3. The van der Waals surface area contributed by atoms with Crippen molar-refractivity contribution < 1.29 is 0 Å². The molecule has 0 aliphatic carbocycles. The van der Waals surface area contributed by atoms with E-state index in [0.29, 0.717) is 18.1 Å². The van der Waals surface area contributed by atoms with E-state index in [1.54, 1.807) is 6.07 Å². The predicted molar refractivity (Wildman–Crippen MR) is 118 cm³/mol. The zero-order chi connectivity index (χ0) is 20.2. The van der Waals surface area contributed by atoms with Gasteiger partial charge in [-0.15, -0.1) is 5.10 Å². The summed E-state index contributed by atoms with van der Waals surface area (Å²) < 4.78 is 1.33. The van der Waals surface area contributed by atoms with Crippen LogP contribution in [0.15, 0.2) is 59.4 Å². The zero-order valence-electron chi connectivity index (χ0n) is 16.8. The number of fused-ring (bicyclic) bond motifs is 2. The fraction of sp³-hybridized carbons (Fsp3) is 0.227. The molecule has 0 saturated heterocycles. The van der Waals surface area contributed by atoms with Crippen molar-refractivity contribution in [1.29, 1.82) is 0 Å². The lowest BCUT2D eigenvalue weighted by molar-refractivity contribution is 0.550. The van der Waals surface area contributed by atoms with Crippen LogP contribution in [0.1, 0.15) is 25.1 Å². The lowest BCUT2D eigenvalue weighted by Gasteiger charge is -2.22. The smallest absolute Gasteiger partial charge is 0.275 e. The minimum absolute atomic E-state index is 0.0699. The normalized spacial score (nSPS) is 15.0. The molecule has 0 spiro atoms. The van der Waals surface area contributed by atoms with Crippen LogP contribution in [0.3, 0.4) is 0 Å². The highest BCUT2D eigenvalue weighted by Gasteiger charge is 2.36. The van der Waals surface area contributed by atoms with Gasteiger partial charge in [-0.25, -0.2) is 0 Å². The van der Waals surface area contributed by atoms with Crippen LogP contribution in [-0.4, -0.2) is 34.0 Å². The van der Waals surface area contributed by atoms with Gasteiger partial charge in [0.1, 0.15) is 7.85 Å². The average Bonchev–Trinajstić information content (AvgIpc) is 3.23. The van der Waals surface area contributed by atoms with Crippen molar-refractivity contribution in [3.8, 4) is 11.4 Å². The van der Waals surface area contributed by atoms with Gasteiger partial charge in [0.2, 0.25) is 5.78 Å². The molecule has 0 amide bonds. The van der Waals surface area contributed by atoms with Crippen molar-refractivity contribution in [3.05, 3.63) is 76.2 Å². The van der Waals surface area contributed by atoms with Crippen LogP contribution in [0.2, 0.25) is 0 Å². The molecular formula is C22H22BN5O. The first-order valence-electron chi connectivity index (χ1n) is 9.82. The Morgan fingerprint density at radius 2 is 1.93 bits per heavy atom. The van der Waals surface area contributed by atoms with E-state index in [1.807, 2.05) is 30.3 Å². The Balaban J connectivity index is 1.53. The van der Waals surface area contributed by atoms with Crippen molar-refractivity contribution in [1.82, 2.24) is 19.6 Å². The summed E-state index contributed by atoms with van der Waals surface area (Å²) >= 11 is 0. The number of aromatic amines is 1.